The molecule has 0 spiro atoms. The Morgan fingerprint density at radius 1 is 1.22 bits per heavy atom. The Hall–Kier alpha value is -2.14. The number of carbonyl (C=O) groups excluding carboxylic acids is 2. The Balaban J connectivity index is 1.73. The van der Waals surface area contributed by atoms with Gasteiger partial charge in [-0.2, -0.15) is 11.3 Å². The van der Waals surface area contributed by atoms with Crippen molar-refractivity contribution in [3.63, 3.8) is 0 Å². The van der Waals surface area contributed by atoms with Crippen LogP contribution in [0.2, 0.25) is 0 Å². The molecule has 23 heavy (non-hydrogen) atoms. The van der Waals surface area contributed by atoms with Crippen molar-refractivity contribution in [2.24, 2.45) is 0 Å². The molecule has 1 aromatic heterocycles. The molecule has 5 heteroatoms. The lowest BCUT2D eigenvalue weighted by Gasteiger charge is -2.25. The van der Waals surface area contributed by atoms with Crippen molar-refractivity contribution in [2.75, 3.05) is 13.6 Å². The molecule has 1 aromatic carbocycles. The van der Waals surface area contributed by atoms with Crippen LogP contribution in [0.5, 0.6) is 0 Å². The average molecular weight is 330 g/mol. The van der Waals surface area contributed by atoms with Crippen LogP contribution in [0.15, 0.2) is 47.2 Å². The van der Waals surface area contributed by atoms with Crippen LogP contribution in [0.4, 0.5) is 0 Å². The number of carbonyl (C=O) groups is 2. The van der Waals surface area contributed by atoms with Gasteiger partial charge < -0.3 is 10.2 Å². The lowest BCUT2D eigenvalue weighted by Crippen LogP contribution is -2.31. The lowest BCUT2D eigenvalue weighted by atomic mass is 10.1. The predicted molar refractivity (Wildman–Crippen MR) is 93.5 cm³/mol. The molecule has 0 saturated carbocycles. The fourth-order valence-electron chi connectivity index (χ4n) is 2.28. The summed E-state index contributed by atoms with van der Waals surface area (Å²) in [7, 11) is 1.82. The summed E-state index contributed by atoms with van der Waals surface area (Å²) in [5.74, 6) is 0.0100. The van der Waals surface area contributed by atoms with E-state index in [1.807, 2.05) is 55.1 Å². The van der Waals surface area contributed by atoms with Gasteiger partial charge in [0.25, 0.3) is 5.91 Å². The zero-order valence-electron chi connectivity index (χ0n) is 13.5. The van der Waals surface area contributed by atoms with Crippen LogP contribution < -0.4 is 5.32 Å². The maximum Gasteiger partial charge on any atom is 0.252 e. The second-order valence-electron chi connectivity index (χ2n) is 5.46. The Morgan fingerprint density at radius 3 is 2.61 bits per heavy atom. The van der Waals surface area contributed by atoms with Crippen LogP contribution >= 0.6 is 11.3 Å². The number of hydrogen-bond donors (Lipinski definition) is 1. The third kappa shape index (κ3) is 4.93. The first-order valence-electron chi connectivity index (χ1n) is 7.70. The van der Waals surface area contributed by atoms with Crippen molar-refractivity contribution in [1.29, 1.82) is 0 Å². The molecule has 1 N–H and O–H groups in total. The molecule has 122 valence electrons. The van der Waals surface area contributed by atoms with E-state index in [1.165, 1.54) is 11.3 Å². The Labute approximate surface area is 141 Å². The van der Waals surface area contributed by atoms with Gasteiger partial charge in [-0.15, -0.1) is 0 Å². The van der Waals surface area contributed by atoms with Crippen LogP contribution in [0.1, 0.15) is 41.7 Å². The zero-order chi connectivity index (χ0) is 16.7. The molecule has 0 aliphatic heterocycles. The van der Waals surface area contributed by atoms with Crippen molar-refractivity contribution < 1.29 is 9.59 Å². The molecule has 0 aliphatic carbocycles. The van der Waals surface area contributed by atoms with Gasteiger partial charge in [0.1, 0.15) is 0 Å². The largest absolute Gasteiger partial charge is 0.352 e. The van der Waals surface area contributed by atoms with Gasteiger partial charge in [0.05, 0.1) is 6.04 Å². The van der Waals surface area contributed by atoms with Crippen LogP contribution in [-0.2, 0) is 4.79 Å². The van der Waals surface area contributed by atoms with Crippen molar-refractivity contribution >= 4 is 23.2 Å². The van der Waals surface area contributed by atoms with E-state index in [-0.39, 0.29) is 17.9 Å². The van der Waals surface area contributed by atoms with Crippen LogP contribution in [0, 0.1) is 0 Å². The fraction of sp³-hybridized carbons (Fsp3) is 0.333. The summed E-state index contributed by atoms with van der Waals surface area (Å²) >= 11 is 1.50. The molecule has 2 aromatic rings. The average Bonchev–Trinajstić information content (AvgIpc) is 3.12. The SMILES string of the molecule is C[C@@H](c1ccccc1)N(C)C(=O)CCCNC(=O)c1ccsc1. The van der Waals surface area contributed by atoms with E-state index in [9.17, 15) is 9.59 Å². The highest BCUT2D eigenvalue weighted by molar-refractivity contribution is 7.08. The summed E-state index contributed by atoms with van der Waals surface area (Å²) < 4.78 is 0. The van der Waals surface area contributed by atoms with Gasteiger partial charge in [0, 0.05) is 31.0 Å². The van der Waals surface area contributed by atoms with Crippen molar-refractivity contribution in [3.05, 3.63) is 58.3 Å². The maximum absolute atomic E-state index is 12.2. The molecule has 1 atom stereocenters. The molecule has 0 unspecified atom stereocenters. The summed E-state index contributed by atoms with van der Waals surface area (Å²) in [5.41, 5.74) is 1.80. The Morgan fingerprint density at radius 2 is 1.96 bits per heavy atom. The van der Waals surface area contributed by atoms with Gasteiger partial charge in [-0.05, 0) is 30.4 Å². The van der Waals surface area contributed by atoms with E-state index >= 15 is 0 Å². The van der Waals surface area contributed by atoms with Gasteiger partial charge in [-0.25, -0.2) is 0 Å². The van der Waals surface area contributed by atoms with Crippen LogP contribution in [-0.4, -0.2) is 30.3 Å². The standard InChI is InChI=1S/C18H22N2O2S/c1-14(15-7-4-3-5-8-15)20(2)17(21)9-6-11-19-18(22)16-10-12-23-13-16/h3-5,7-8,10,12-14H,6,9,11H2,1-2H3,(H,19,22)/t14-/m0/s1. The zero-order valence-corrected chi connectivity index (χ0v) is 14.3. The van der Waals surface area contributed by atoms with Crippen LogP contribution in [0.25, 0.3) is 0 Å². The molecule has 2 amide bonds. The molecule has 1 heterocycles. The van der Waals surface area contributed by atoms with E-state index in [2.05, 4.69) is 5.32 Å². The Kier molecular flexibility index (Phi) is 6.35. The summed E-state index contributed by atoms with van der Waals surface area (Å²) in [6.07, 6.45) is 1.07. The first-order valence-corrected chi connectivity index (χ1v) is 8.65. The molecule has 0 fully saturated rings. The maximum atomic E-state index is 12.2. The van der Waals surface area contributed by atoms with Gasteiger partial charge in [0.15, 0.2) is 0 Å². The van der Waals surface area contributed by atoms with E-state index in [1.54, 1.807) is 11.0 Å². The summed E-state index contributed by atoms with van der Waals surface area (Å²) in [4.78, 5) is 25.8. The molecule has 0 radical (unpaired) electrons. The van der Waals surface area contributed by atoms with E-state index in [0.717, 1.165) is 5.56 Å². The smallest absolute Gasteiger partial charge is 0.252 e. The van der Waals surface area contributed by atoms with Crippen LogP contribution in [0.3, 0.4) is 0 Å². The number of thiophene rings is 1. The summed E-state index contributed by atoms with van der Waals surface area (Å²) in [5, 5.41) is 6.53. The van der Waals surface area contributed by atoms with Crippen molar-refractivity contribution in [2.45, 2.75) is 25.8 Å². The van der Waals surface area contributed by atoms with E-state index in [4.69, 9.17) is 0 Å². The predicted octanol–water partition coefficient (Wildman–Crippen LogP) is 3.48. The molecule has 0 bridgehead atoms. The Bertz CT molecular complexity index is 626. The highest BCUT2D eigenvalue weighted by atomic mass is 32.1. The normalized spacial score (nSPS) is 11.7. The van der Waals surface area contributed by atoms with Crippen molar-refractivity contribution in [3.8, 4) is 0 Å². The number of nitrogens with one attached hydrogen (secondary N) is 1. The second-order valence-corrected chi connectivity index (χ2v) is 6.24. The molecular formula is C18H22N2O2S. The van der Waals surface area contributed by atoms with Gasteiger partial charge in [-0.3, -0.25) is 9.59 Å². The number of rotatable bonds is 7. The number of nitrogens with zero attached hydrogens (tertiary/aromatic N) is 1. The quantitative estimate of drug-likeness (QED) is 0.790. The van der Waals surface area contributed by atoms with Gasteiger partial charge >= 0.3 is 0 Å². The van der Waals surface area contributed by atoms with Gasteiger partial charge in [0.2, 0.25) is 5.91 Å². The van der Waals surface area contributed by atoms with Gasteiger partial charge in [-0.1, -0.05) is 30.3 Å². The fourth-order valence-corrected chi connectivity index (χ4v) is 2.92. The minimum absolute atomic E-state index is 0.0455. The minimum Gasteiger partial charge on any atom is -0.352 e. The van der Waals surface area contributed by atoms with E-state index < -0.39 is 0 Å². The second kappa shape index (κ2) is 8.48. The highest BCUT2D eigenvalue weighted by Gasteiger charge is 2.16. The summed E-state index contributed by atoms with van der Waals surface area (Å²) in [6.45, 7) is 2.53. The number of amides is 2. The third-order valence-corrected chi connectivity index (χ3v) is 4.58. The number of hydrogen-bond acceptors (Lipinski definition) is 3. The molecule has 4 nitrogen and oxygen atoms in total. The van der Waals surface area contributed by atoms with Crippen molar-refractivity contribution in [1.82, 2.24) is 10.2 Å². The first kappa shape index (κ1) is 17.2. The molecule has 2 rings (SSSR count). The molecule has 0 aliphatic rings. The highest BCUT2D eigenvalue weighted by Crippen LogP contribution is 2.19. The minimum atomic E-state index is -0.0790. The molecule has 0 saturated heterocycles. The van der Waals surface area contributed by atoms with E-state index in [0.29, 0.717) is 24.9 Å². The number of benzene rings is 1. The summed E-state index contributed by atoms with van der Waals surface area (Å²) in [6, 6.07) is 11.8. The topological polar surface area (TPSA) is 49.4 Å². The lowest BCUT2D eigenvalue weighted by molar-refractivity contribution is -0.131. The first-order chi connectivity index (χ1) is 11.1. The third-order valence-electron chi connectivity index (χ3n) is 3.89. The monoisotopic (exact) mass is 330 g/mol. The molecular weight excluding hydrogens is 308 g/mol.